The molecule has 35 heavy (non-hydrogen) atoms. The number of hydrogen-bond donors (Lipinski definition) is 0. The number of ether oxygens (including phenoxy) is 2. The molecule has 0 amide bonds. The first-order chi connectivity index (χ1) is 16.8. The third-order valence-corrected chi connectivity index (χ3v) is 4.79. The van der Waals surface area contributed by atoms with Gasteiger partial charge in [-0.15, -0.1) is 0 Å². The van der Waals surface area contributed by atoms with Crippen LogP contribution in [0.15, 0.2) is 66.9 Å². The zero-order chi connectivity index (χ0) is 25.2. The Labute approximate surface area is 199 Å². The zero-order valence-corrected chi connectivity index (χ0v) is 18.4. The number of carbonyl (C=O) groups is 2. The fourth-order valence-electron chi connectivity index (χ4n) is 3.04. The second kappa shape index (κ2) is 12.2. The Hall–Kier alpha value is -4.41. The minimum absolute atomic E-state index is 0.0599. The molecular formula is C24H21F2N3O6. The van der Waals surface area contributed by atoms with E-state index in [1.54, 1.807) is 29.3 Å². The number of halogens is 2. The van der Waals surface area contributed by atoms with E-state index in [9.17, 15) is 28.5 Å². The first-order valence-electron chi connectivity index (χ1n) is 10.5. The Morgan fingerprint density at radius 3 is 2.40 bits per heavy atom. The van der Waals surface area contributed by atoms with Crippen molar-refractivity contribution in [2.24, 2.45) is 0 Å². The van der Waals surface area contributed by atoms with Crippen LogP contribution in [-0.2, 0) is 20.9 Å². The van der Waals surface area contributed by atoms with Gasteiger partial charge in [0.2, 0.25) is 0 Å². The van der Waals surface area contributed by atoms with Crippen molar-refractivity contribution in [3.8, 4) is 5.75 Å². The molecule has 0 atom stereocenters. The summed E-state index contributed by atoms with van der Waals surface area (Å²) in [5.74, 6) is -2.09. The quantitative estimate of drug-likeness (QED) is 0.172. The highest BCUT2D eigenvalue weighted by molar-refractivity contribution is 5.79. The Morgan fingerprint density at radius 2 is 1.74 bits per heavy atom. The van der Waals surface area contributed by atoms with Gasteiger partial charge >= 0.3 is 11.9 Å². The molecule has 11 heteroatoms. The van der Waals surface area contributed by atoms with E-state index in [1.165, 1.54) is 30.3 Å². The summed E-state index contributed by atoms with van der Waals surface area (Å²) in [7, 11) is 0. The molecule has 9 nitrogen and oxygen atoms in total. The molecule has 0 spiro atoms. The van der Waals surface area contributed by atoms with Gasteiger partial charge in [0.1, 0.15) is 29.8 Å². The number of non-ortho nitro benzene ring substituents is 1. The maximum Gasteiger partial charge on any atom is 0.311 e. The fraction of sp³-hybridized carbons (Fsp3) is 0.208. The van der Waals surface area contributed by atoms with Crippen LogP contribution in [0, 0.1) is 21.7 Å². The molecule has 1 aromatic heterocycles. The van der Waals surface area contributed by atoms with Gasteiger partial charge in [0, 0.05) is 36.5 Å². The van der Waals surface area contributed by atoms with Crippen molar-refractivity contribution in [3.05, 3.63) is 94.2 Å². The van der Waals surface area contributed by atoms with Crippen molar-refractivity contribution in [2.75, 3.05) is 18.1 Å². The van der Waals surface area contributed by atoms with E-state index in [-0.39, 0.29) is 49.5 Å². The van der Waals surface area contributed by atoms with Gasteiger partial charge in [-0.05, 0) is 30.3 Å². The number of carbonyl (C=O) groups excluding carboxylic acids is 2. The molecule has 0 aliphatic carbocycles. The van der Waals surface area contributed by atoms with Crippen molar-refractivity contribution in [1.29, 1.82) is 0 Å². The minimum Gasteiger partial charge on any atom is -0.464 e. The number of esters is 2. The Bertz CT molecular complexity index is 1180. The molecule has 2 aromatic carbocycles. The van der Waals surface area contributed by atoms with E-state index >= 15 is 0 Å². The van der Waals surface area contributed by atoms with E-state index in [0.29, 0.717) is 5.82 Å². The average Bonchev–Trinajstić information content (AvgIpc) is 2.84. The van der Waals surface area contributed by atoms with Crippen molar-refractivity contribution < 1.29 is 32.8 Å². The van der Waals surface area contributed by atoms with Gasteiger partial charge in [0.15, 0.2) is 0 Å². The summed E-state index contributed by atoms with van der Waals surface area (Å²) in [5.41, 5.74) is 0.104. The van der Waals surface area contributed by atoms with Gasteiger partial charge < -0.3 is 14.4 Å². The van der Waals surface area contributed by atoms with Crippen LogP contribution in [0.1, 0.15) is 18.4 Å². The lowest BCUT2D eigenvalue weighted by molar-refractivity contribution is -0.384. The third-order valence-electron chi connectivity index (χ3n) is 4.79. The highest BCUT2D eigenvalue weighted by Crippen LogP contribution is 2.19. The second-order valence-corrected chi connectivity index (χ2v) is 7.29. The number of nitro groups is 1. The van der Waals surface area contributed by atoms with Crippen LogP contribution in [0.5, 0.6) is 5.75 Å². The monoisotopic (exact) mass is 485 g/mol. The molecule has 0 unspecified atom stereocenters. The van der Waals surface area contributed by atoms with E-state index < -0.39 is 28.5 Å². The molecule has 3 rings (SSSR count). The minimum atomic E-state index is -0.700. The lowest BCUT2D eigenvalue weighted by Crippen LogP contribution is -2.29. The van der Waals surface area contributed by atoms with E-state index in [0.717, 1.165) is 12.1 Å². The summed E-state index contributed by atoms with van der Waals surface area (Å²) in [5, 5.41) is 10.6. The number of hydrogen-bond acceptors (Lipinski definition) is 8. The predicted octanol–water partition coefficient (Wildman–Crippen LogP) is 4.20. The Kier molecular flexibility index (Phi) is 8.76. The smallest absolute Gasteiger partial charge is 0.311 e. The normalized spacial score (nSPS) is 10.5. The van der Waals surface area contributed by atoms with Crippen LogP contribution in [0.25, 0.3) is 0 Å². The number of pyridine rings is 1. The van der Waals surface area contributed by atoms with E-state index in [1.807, 2.05) is 0 Å². The topological polar surface area (TPSA) is 112 Å². The van der Waals surface area contributed by atoms with Gasteiger partial charge in [-0.2, -0.15) is 0 Å². The van der Waals surface area contributed by atoms with Crippen molar-refractivity contribution in [1.82, 2.24) is 4.98 Å². The molecule has 0 aliphatic rings. The van der Waals surface area contributed by atoms with Crippen LogP contribution in [0.4, 0.5) is 20.3 Å². The molecule has 0 saturated heterocycles. The van der Waals surface area contributed by atoms with Crippen LogP contribution in [-0.4, -0.2) is 35.0 Å². The number of nitro benzene ring substituents is 1. The first kappa shape index (κ1) is 25.2. The summed E-state index contributed by atoms with van der Waals surface area (Å²) >= 11 is 0. The largest absolute Gasteiger partial charge is 0.464 e. The first-order valence-corrected chi connectivity index (χ1v) is 10.5. The summed E-state index contributed by atoms with van der Waals surface area (Å²) in [6.07, 6.45) is 1.08. The molecule has 182 valence electrons. The van der Waals surface area contributed by atoms with Crippen LogP contribution in [0.3, 0.4) is 0 Å². The molecular weight excluding hydrogens is 464 g/mol. The molecule has 0 radical (unpaired) electrons. The summed E-state index contributed by atoms with van der Waals surface area (Å²) in [6, 6.07) is 13.4. The SMILES string of the molecule is O=C(CCC(=O)Oc1ccc([N+](=O)[O-])cc1)OCCN(Cc1ccc(F)cc1F)c1ccccn1. The second-order valence-electron chi connectivity index (χ2n) is 7.29. The maximum atomic E-state index is 14.1. The van der Waals surface area contributed by atoms with Crippen molar-refractivity contribution >= 4 is 23.4 Å². The molecule has 0 saturated carbocycles. The van der Waals surface area contributed by atoms with Gasteiger partial charge in [-0.25, -0.2) is 13.8 Å². The van der Waals surface area contributed by atoms with Crippen molar-refractivity contribution in [3.63, 3.8) is 0 Å². The van der Waals surface area contributed by atoms with Gasteiger partial charge in [-0.1, -0.05) is 12.1 Å². The predicted molar refractivity (Wildman–Crippen MR) is 121 cm³/mol. The molecule has 0 N–H and O–H groups in total. The number of anilines is 1. The molecule has 3 aromatic rings. The maximum absolute atomic E-state index is 14.1. The molecule has 0 aliphatic heterocycles. The highest BCUT2D eigenvalue weighted by Gasteiger charge is 2.15. The van der Waals surface area contributed by atoms with Crippen LogP contribution in [0.2, 0.25) is 0 Å². The lowest BCUT2D eigenvalue weighted by Gasteiger charge is -2.24. The van der Waals surface area contributed by atoms with Gasteiger partial charge in [0.05, 0.1) is 24.3 Å². The van der Waals surface area contributed by atoms with E-state index in [4.69, 9.17) is 9.47 Å². The Morgan fingerprint density at radius 1 is 1.00 bits per heavy atom. The highest BCUT2D eigenvalue weighted by atomic mass is 19.1. The summed E-state index contributed by atoms with van der Waals surface area (Å²) in [4.78, 5) is 39.9. The number of aromatic nitrogens is 1. The van der Waals surface area contributed by atoms with E-state index in [2.05, 4.69) is 4.98 Å². The standard InChI is InChI=1S/C24H21F2N3O6/c25-18-5-4-17(21(26)15-18)16-28(22-3-1-2-12-27-22)13-14-34-23(30)10-11-24(31)35-20-8-6-19(7-9-20)29(32)33/h1-9,12,15H,10-11,13-14,16H2. The van der Waals surface area contributed by atoms with Crippen LogP contribution < -0.4 is 9.64 Å². The number of benzene rings is 2. The third kappa shape index (κ3) is 7.84. The molecule has 1 heterocycles. The average molecular weight is 485 g/mol. The van der Waals surface area contributed by atoms with Gasteiger partial charge in [0.25, 0.3) is 5.69 Å². The van der Waals surface area contributed by atoms with Gasteiger partial charge in [-0.3, -0.25) is 19.7 Å². The van der Waals surface area contributed by atoms with Crippen LogP contribution >= 0.6 is 0 Å². The Balaban J connectivity index is 1.48. The molecule has 0 fully saturated rings. The number of nitrogens with zero attached hydrogens (tertiary/aromatic N) is 3. The lowest BCUT2D eigenvalue weighted by atomic mass is 10.2. The fourth-order valence-corrected chi connectivity index (χ4v) is 3.04. The number of rotatable bonds is 11. The zero-order valence-electron chi connectivity index (χ0n) is 18.4. The summed E-state index contributed by atoms with van der Waals surface area (Å²) in [6.45, 7) is 0.185. The molecule has 0 bridgehead atoms. The summed E-state index contributed by atoms with van der Waals surface area (Å²) < 4.78 is 37.6. The van der Waals surface area contributed by atoms with Crippen molar-refractivity contribution in [2.45, 2.75) is 19.4 Å².